The first-order valence-electron chi connectivity index (χ1n) is 11.9. The normalized spacial score (nSPS) is 14.0. The maximum atomic E-state index is 13.1. The van der Waals surface area contributed by atoms with Crippen molar-refractivity contribution in [1.29, 1.82) is 0 Å². The zero-order chi connectivity index (χ0) is 24.5. The van der Waals surface area contributed by atoms with E-state index >= 15 is 0 Å². The molecule has 9 heteroatoms. The number of carbonyl (C=O) groups is 1. The predicted molar refractivity (Wildman–Crippen MR) is 132 cm³/mol. The Hall–Kier alpha value is -4.40. The minimum absolute atomic E-state index is 0.141. The molecule has 0 radical (unpaired) electrons. The Morgan fingerprint density at radius 2 is 2.03 bits per heavy atom. The van der Waals surface area contributed by atoms with Crippen LogP contribution in [0.2, 0.25) is 0 Å². The van der Waals surface area contributed by atoms with Crippen molar-refractivity contribution in [3.8, 4) is 34.5 Å². The van der Waals surface area contributed by atoms with E-state index in [-0.39, 0.29) is 18.6 Å². The van der Waals surface area contributed by atoms with E-state index in [4.69, 9.17) is 19.2 Å². The van der Waals surface area contributed by atoms with E-state index in [2.05, 4.69) is 15.4 Å². The van der Waals surface area contributed by atoms with Crippen LogP contribution < -0.4 is 19.5 Å². The maximum absolute atomic E-state index is 13.1. The zero-order valence-electron chi connectivity index (χ0n) is 19.8. The van der Waals surface area contributed by atoms with Gasteiger partial charge in [0.2, 0.25) is 6.79 Å². The van der Waals surface area contributed by atoms with Crippen LogP contribution in [0, 0.1) is 0 Å². The summed E-state index contributed by atoms with van der Waals surface area (Å²) in [6, 6.07) is 15.4. The van der Waals surface area contributed by atoms with Gasteiger partial charge in [-0.15, -0.1) is 0 Å². The number of nitrogens with zero attached hydrogens (tertiary/aromatic N) is 4. The van der Waals surface area contributed by atoms with Gasteiger partial charge in [-0.05, 0) is 61.2 Å². The number of benzene rings is 2. The lowest BCUT2D eigenvalue weighted by Gasteiger charge is -2.10. The number of amides is 1. The fraction of sp³-hybridized carbons (Fsp3) is 0.259. The SMILES string of the molecule is COc1cccc(CCNC(=O)c2cnn(-c3nccc(-c4ccc5c(c4)OCO5)n3)c2C2CC2)c1. The molecule has 182 valence electrons. The molecule has 2 aliphatic rings. The maximum Gasteiger partial charge on any atom is 0.254 e. The molecule has 2 aromatic carbocycles. The lowest BCUT2D eigenvalue weighted by Crippen LogP contribution is -2.26. The van der Waals surface area contributed by atoms with E-state index in [1.54, 1.807) is 24.2 Å². The average molecular weight is 484 g/mol. The van der Waals surface area contributed by atoms with E-state index in [0.717, 1.165) is 46.9 Å². The zero-order valence-corrected chi connectivity index (χ0v) is 19.8. The van der Waals surface area contributed by atoms with Crippen LogP contribution in [0.1, 0.15) is 40.4 Å². The molecule has 0 bridgehead atoms. The van der Waals surface area contributed by atoms with Crippen LogP contribution in [-0.2, 0) is 6.42 Å². The summed E-state index contributed by atoms with van der Waals surface area (Å²) in [4.78, 5) is 22.3. The van der Waals surface area contributed by atoms with Gasteiger partial charge in [-0.25, -0.2) is 14.6 Å². The van der Waals surface area contributed by atoms with Crippen LogP contribution in [-0.4, -0.2) is 46.1 Å². The highest BCUT2D eigenvalue weighted by Gasteiger charge is 2.33. The van der Waals surface area contributed by atoms with Gasteiger partial charge in [0.15, 0.2) is 11.5 Å². The minimum Gasteiger partial charge on any atom is -0.497 e. The molecule has 6 rings (SSSR count). The van der Waals surface area contributed by atoms with E-state index in [9.17, 15) is 4.79 Å². The average Bonchev–Trinajstić information content (AvgIpc) is 3.47. The first-order chi connectivity index (χ1) is 17.7. The second kappa shape index (κ2) is 9.33. The van der Waals surface area contributed by atoms with E-state index < -0.39 is 0 Å². The van der Waals surface area contributed by atoms with Gasteiger partial charge in [0.25, 0.3) is 11.9 Å². The lowest BCUT2D eigenvalue weighted by atomic mass is 10.1. The molecule has 0 atom stereocenters. The molecule has 3 heterocycles. The summed E-state index contributed by atoms with van der Waals surface area (Å²) in [5.41, 5.74) is 4.15. The van der Waals surface area contributed by atoms with Gasteiger partial charge in [0, 0.05) is 24.2 Å². The molecule has 0 saturated heterocycles. The van der Waals surface area contributed by atoms with Gasteiger partial charge in [-0.1, -0.05) is 12.1 Å². The number of nitrogens with one attached hydrogen (secondary N) is 1. The first-order valence-corrected chi connectivity index (χ1v) is 11.9. The Bertz CT molecular complexity index is 1430. The standard InChI is InChI=1S/C27H25N5O4/c1-34-20-4-2-3-17(13-20)9-11-28-26(33)21-15-30-32(25(21)18-5-6-18)27-29-12-10-22(31-27)19-7-8-23-24(14-19)36-16-35-23/h2-4,7-8,10,12-15,18H,5-6,9,11,16H2,1H3,(H,28,33). The summed E-state index contributed by atoms with van der Waals surface area (Å²) in [5, 5.41) is 7.55. The highest BCUT2D eigenvalue weighted by atomic mass is 16.7. The van der Waals surface area contributed by atoms with Crippen molar-refractivity contribution in [2.75, 3.05) is 20.4 Å². The number of aromatic nitrogens is 4. The minimum atomic E-state index is -0.141. The number of rotatable bonds is 8. The van der Waals surface area contributed by atoms with Gasteiger partial charge in [0.1, 0.15) is 5.75 Å². The number of hydrogen-bond acceptors (Lipinski definition) is 7. The number of fused-ring (bicyclic) bond motifs is 1. The van der Waals surface area contributed by atoms with Crippen molar-refractivity contribution in [3.63, 3.8) is 0 Å². The van der Waals surface area contributed by atoms with Gasteiger partial charge in [-0.2, -0.15) is 5.10 Å². The Labute approximate surface area is 208 Å². The van der Waals surface area contributed by atoms with Crippen molar-refractivity contribution in [3.05, 3.63) is 77.7 Å². The van der Waals surface area contributed by atoms with Gasteiger partial charge in [0.05, 0.1) is 30.3 Å². The molecule has 9 nitrogen and oxygen atoms in total. The Kier molecular flexibility index (Phi) is 5.73. The van der Waals surface area contributed by atoms with Gasteiger partial charge in [-0.3, -0.25) is 4.79 Å². The third kappa shape index (κ3) is 4.35. The van der Waals surface area contributed by atoms with Crippen LogP contribution in [0.5, 0.6) is 17.2 Å². The van der Waals surface area contributed by atoms with Crippen molar-refractivity contribution in [2.24, 2.45) is 0 Å². The molecule has 1 aliphatic heterocycles. The molecule has 4 aromatic rings. The summed E-state index contributed by atoms with van der Waals surface area (Å²) < 4.78 is 17.9. The molecule has 2 aromatic heterocycles. The first kappa shape index (κ1) is 22.1. The summed E-state index contributed by atoms with van der Waals surface area (Å²) in [7, 11) is 1.65. The summed E-state index contributed by atoms with van der Waals surface area (Å²) >= 11 is 0. The molecule has 0 unspecified atom stereocenters. The molecule has 1 fully saturated rings. The summed E-state index contributed by atoms with van der Waals surface area (Å²) in [6.07, 6.45) is 6.05. The van der Waals surface area contributed by atoms with Crippen LogP contribution in [0.25, 0.3) is 17.2 Å². The van der Waals surface area contributed by atoms with Crippen molar-refractivity contribution >= 4 is 5.91 Å². The van der Waals surface area contributed by atoms with Crippen LogP contribution in [0.15, 0.2) is 60.9 Å². The number of methoxy groups -OCH3 is 1. The number of ether oxygens (including phenoxy) is 3. The lowest BCUT2D eigenvalue weighted by molar-refractivity contribution is 0.0953. The van der Waals surface area contributed by atoms with Gasteiger partial charge < -0.3 is 19.5 Å². The fourth-order valence-corrected chi connectivity index (χ4v) is 4.35. The Morgan fingerprint density at radius 3 is 2.89 bits per heavy atom. The predicted octanol–water partition coefficient (Wildman–Crippen LogP) is 3.92. The fourth-order valence-electron chi connectivity index (χ4n) is 4.35. The molecular weight excluding hydrogens is 458 g/mol. The van der Waals surface area contributed by atoms with E-state index in [1.807, 2.05) is 48.5 Å². The van der Waals surface area contributed by atoms with E-state index in [0.29, 0.717) is 30.2 Å². The van der Waals surface area contributed by atoms with Crippen molar-refractivity contribution in [2.45, 2.75) is 25.2 Å². The molecular formula is C27H25N5O4. The molecule has 1 N–H and O–H groups in total. The monoisotopic (exact) mass is 483 g/mol. The second-order valence-corrected chi connectivity index (χ2v) is 8.80. The van der Waals surface area contributed by atoms with Crippen LogP contribution in [0.4, 0.5) is 0 Å². The van der Waals surface area contributed by atoms with Crippen LogP contribution in [0.3, 0.4) is 0 Å². The third-order valence-electron chi connectivity index (χ3n) is 6.35. The van der Waals surface area contributed by atoms with E-state index in [1.165, 1.54) is 0 Å². The van der Waals surface area contributed by atoms with Gasteiger partial charge >= 0.3 is 0 Å². The molecule has 1 aliphatic carbocycles. The topological polar surface area (TPSA) is 100 Å². The largest absolute Gasteiger partial charge is 0.497 e. The third-order valence-corrected chi connectivity index (χ3v) is 6.35. The smallest absolute Gasteiger partial charge is 0.254 e. The molecule has 36 heavy (non-hydrogen) atoms. The van der Waals surface area contributed by atoms with Crippen LogP contribution >= 0.6 is 0 Å². The Balaban J connectivity index is 1.22. The van der Waals surface area contributed by atoms with Crippen molar-refractivity contribution < 1.29 is 19.0 Å². The second-order valence-electron chi connectivity index (χ2n) is 8.80. The highest BCUT2D eigenvalue weighted by Crippen LogP contribution is 2.42. The number of hydrogen-bond donors (Lipinski definition) is 1. The Morgan fingerprint density at radius 1 is 1.14 bits per heavy atom. The molecule has 0 spiro atoms. The summed E-state index contributed by atoms with van der Waals surface area (Å²) in [5.74, 6) is 2.78. The number of carbonyl (C=O) groups excluding carboxylic acids is 1. The van der Waals surface area contributed by atoms with Crippen molar-refractivity contribution in [1.82, 2.24) is 25.1 Å². The highest BCUT2D eigenvalue weighted by molar-refractivity contribution is 5.95. The summed E-state index contributed by atoms with van der Waals surface area (Å²) in [6.45, 7) is 0.730. The quantitative estimate of drug-likeness (QED) is 0.405. The molecule has 1 saturated carbocycles. The molecule has 1 amide bonds.